The van der Waals surface area contributed by atoms with E-state index in [1.807, 2.05) is 60.1 Å². The number of pyridine rings is 1. The Kier molecular flexibility index (Phi) is 4.93. The second-order valence-corrected chi connectivity index (χ2v) is 7.97. The largest absolute Gasteiger partial charge is 0.325 e. The highest BCUT2D eigenvalue weighted by molar-refractivity contribution is 6.04. The fourth-order valence-electron chi connectivity index (χ4n) is 4.11. The summed E-state index contributed by atoms with van der Waals surface area (Å²) in [6.45, 7) is 2.21. The second-order valence-electron chi connectivity index (χ2n) is 7.97. The summed E-state index contributed by atoms with van der Waals surface area (Å²) in [5.41, 5.74) is 4.56. The minimum absolute atomic E-state index is 0.0814. The molecule has 6 nitrogen and oxygen atoms in total. The molecule has 5 rings (SSSR count). The van der Waals surface area contributed by atoms with Crippen LogP contribution < -0.4 is 10.2 Å². The number of para-hydroxylation sites is 1. The third kappa shape index (κ3) is 3.62. The van der Waals surface area contributed by atoms with Gasteiger partial charge in [-0.2, -0.15) is 0 Å². The molecule has 3 heterocycles. The summed E-state index contributed by atoms with van der Waals surface area (Å²) < 4.78 is 15.5. The van der Waals surface area contributed by atoms with Gasteiger partial charge in [-0.25, -0.2) is 9.37 Å². The van der Waals surface area contributed by atoms with E-state index in [2.05, 4.69) is 5.32 Å². The number of nitrogens with zero attached hydrogens (tertiary/aromatic N) is 3. The molecule has 1 N–H and O–H groups in total. The first kappa shape index (κ1) is 19.9. The predicted molar refractivity (Wildman–Crippen MR) is 121 cm³/mol. The van der Waals surface area contributed by atoms with E-state index in [-0.39, 0.29) is 24.8 Å². The van der Waals surface area contributed by atoms with Gasteiger partial charge in [-0.15, -0.1) is 0 Å². The van der Waals surface area contributed by atoms with E-state index in [1.165, 1.54) is 17.0 Å². The van der Waals surface area contributed by atoms with Crippen LogP contribution in [0.4, 0.5) is 15.8 Å². The summed E-state index contributed by atoms with van der Waals surface area (Å²) in [7, 11) is 0. The predicted octanol–water partition coefficient (Wildman–Crippen LogP) is 4.44. The number of hydrogen-bond donors (Lipinski definition) is 1. The fraction of sp³-hybridized carbons (Fsp3) is 0.160. The molecule has 0 spiro atoms. The zero-order valence-corrected chi connectivity index (χ0v) is 17.5. The highest BCUT2D eigenvalue weighted by atomic mass is 19.1. The Morgan fingerprint density at radius 3 is 2.78 bits per heavy atom. The van der Waals surface area contributed by atoms with Crippen LogP contribution in [0.2, 0.25) is 0 Å². The summed E-state index contributed by atoms with van der Waals surface area (Å²) in [5.74, 6) is -1.38. The molecule has 160 valence electrons. The lowest BCUT2D eigenvalue weighted by Crippen LogP contribution is -2.28. The molecule has 1 aliphatic rings. The monoisotopic (exact) mass is 428 g/mol. The summed E-state index contributed by atoms with van der Waals surface area (Å²) in [6.07, 6.45) is 3.95. The highest BCUT2D eigenvalue weighted by Crippen LogP contribution is 2.30. The van der Waals surface area contributed by atoms with Crippen LogP contribution >= 0.6 is 0 Å². The van der Waals surface area contributed by atoms with Crippen molar-refractivity contribution >= 4 is 28.8 Å². The van der Waals surface area contributed by atoms with Gasteiger partial charge in [-0.3, -0.25) is 9.59 Å². The van der Waals surface area contributed by atoms with Gasteiger partial charge in [0, 0.05) is 36.6 Å². The molecule has 0 aliphatic carbocycles. The number of amides is 2. The molecular formula is C25H21FN4O2. The van der Waals surface area contributed by atoms with E-state index in [9.17, 15) is 14.0 Å². The van der Waals surface area contributed by atoms with Crippen molar-refractivity contribution in [1.29, 1.82) is 0 Å². The SMILES string of the molecule is Cc1cccn2cc(-c3ccccc3NC(=O)[C@@H]3CC(=O)N(c4cccc(F)c4)C3)nc12. The van der Waals surface area contributed by atoms with Crippen molar-refractivity contribution in [3.63, 3.8) is 0 Å². The minimum atomic E-state index is -0.526. The van der Waals surface area contributed by atoms with Crippen LogP contribution in [0.25, 0.3) is 16.9 Å². The second kappa shape index (κ2) is 7.92. The van der Waals surface area contributed by atoms with Crippen molar-refractivity contribution < 1.29 is 14.0 Å². The number of anilines is 2. The summed E-state index contributed by atoms with van der Waals surface area (Å²) in [4.78, 5) is 31.7. The lowest BCUT2D eigenvalue weighted by atomic mass is 10.1. The third-order valence-corrected chi connectivity index (χ3v) is 5.75. The number of imidazole rings is 1. The van der Waals surface area contributed by atoms with Crippen LogP contribution in [-0.4, -0.2) is 27.7 Å². The van der Waals surface area contributed by atoms with Crippen LogP contribution in [0.5, 0.6) is 0 Å². The molecule has 0 saturated carbocycles. The molecule has 32 heavy (non-hydrogen) atoms. The Morgan fingerprint density at radius 2 is 1.97 bits per heavy atom. The Bertz CT molecular complexity index is 1350. The van der Waals surface area contributed by atoms with Gasteiger partial charge in [0.05, 0.1) is 17.3 Å². The molecule has 2 amide bonds. The maximum absolute atomic E-state index is 13.6. The molecule has 2 aromatic heterocycles. The van der Waals surface area contributed by atoms with E-state index >= 15 is 0 Å². The summed E-state index contributed by atoms with van der Waals surface area (Å²) >= 11 is 0. The van der Waals surface area contributed by atoms with Crippen LogP contribution in [0, 0.1) is 18.7 Å². The standard InChI is InChI=1S/C25H21FN4O2/c1-16-6-5-11-29-15-22(27-24(16)29)20-9-2-3-10-21(20)28-25(32)17-12-23(31)30(14-17)19-8-4-7-18(26)13-19/h2-11,13,15,17H,12,14H2,1H3,(H,28,32)/t17-/m1/s1. The van der Waals surface area contributed by atoms with Crippen molar-refractivity contribution in [3.8, 4) is 11.3 Å². The van der Waals surface area contributed by atoms with Gasteiger partial charge < -0.3 is 14.6 Å². The van der Waals surface area contributed by atoms with Crippen molar-refractivity contribution in [2.45, 2.75) is 13.3 Å². The van der Waals surface area contributed by atoms with E-state index in [4.69, 9.17) is 4.98 Å². The van der Waals surface area contributed by atoms with Crippen molar-refractivity contribution in [2.24, 2.45) is 5.92 Å². The molecular weight excluding hydrogens is 407 g/mol. The molecule has 7 heteroatoms. The normalized spacial score (nSPS) is 16.0. The lowest BCUT2D eigenvalue weighted by Gasteiger charge is -2.17. The molecule has 2 aromatic carbocycles. The first-order chi connectivity index (χ1) is 15.5. The van der Waals surface area contributed by atoms with Gasteiger partial charge in [0.25, 0.3) is 0 Å². The number of carbonyl (C=O) groups is 2. The Hall–Kier alpha value is -4.00. The molecule has 1 saturated heterocycles. The van der Waals surface area contributed by atoms with Crippen LogP contribution in [-0.2, 0) is 9.59 Å². The van der Waals surface area contributed by atoms with E-state index < -0.39 is 11.7 Å². The summed E-state index contributed by atoms with van der Waals surface area (Å²) in [5, 5.41) is 2.97. The van der Waals surface area contributed by atoms with Crippen LogP contribution in [0.1, 0.15) is 12.0 Å². The topological polar surface area (TPSA) is 66.7 Å². The van der Waals surface area contributed by atoms with Gasteiger partial charge in [-0.05, 0) is 42.8 Å². The molecule has 4 aromatic rings. The number of benzene rings is 2. The number of aromatic nitrogens is 2. The Morgan fingerprint density at radius 1 is 1.12 bits per heavy atom. The maximum Gasteiger partial charge on any atom is 0.229 e. The molecule has 1 aliphatic heterocycles. The van der Waals surface area contributed by atoms with Crippen LogP contribution in [0.3, 0.4) is 0 Å². The minimum Gasteiger partial charge on any atom is -0.325 e. The molecule has 0 bridgehead atoms. The average Bonchev–Trinajstić information content (AvgIpc) is 3.39. The number of rotatable bonds is 4. The van der Waals surface area contributed by atoms with E-state index in [0.717, 1.165) is 22.5 Å². The lowest BCUT2D eigenvalue weighted by molar-refractivity contribution is -0.122. The molecule has 1 atom stereocenters. The van der Waals surface area contributed by atoms with Gasteiger partial charge in [0.2, 0.25) is 11.8 Å². The molecule has 0 radical (unpaired) electrons. The van der Waals surface area contributed by atoms with Crippen molar-refractivity contribution in [2.75, 3.05) is 16.8 Å². The van der Waals surface area contributed by atoms with Crippen molar-refractivity contribution in [1.82, 2.24) is 9.38 Å². The number of halogens is 1. The van der Waals surface area contributed by atoms with Gasteiger partial charge in [0.15, 0.2) is 0 Å². The van der Waals surface area contributed by atoms with E-state index in [1.54, 1.807) is 12.1 Å². The smallest absolute Gasteiger partial charge is 0.229 e. The number of nitrogens with one attached hydrogen (secondary N) is 1. The number of carbonyl (C=O) groups excluding carboxylic acids is 2. The quantitative estimate of drug-likeness (QED) is 0.523. The third-order valence-electron chi connectivity index (χ3n) is 5.75. The Balaban J connectivity index is 1.38. The summed E-state index contributed by atoms with van der Waals surface area (Å²) in [6, 6.07) is 17.3. The Labute approximate surface area is 184 Å². The molecule has 0 unspecified atom stereocenters. The highest BCUT2D eigenvalue weighted by Gasteiger charge is 2.35. The first-order valence-corrected chi connectivity index (χ1v) is 10.4. The number of hydrogen-bond acceptors (Lipinski definition) is 3. The zero-order chi connectivity index (χ0) is 22.2. The number of aryl methyl sites for hydroxylation is 1. The number of fused-ring (bicyclic) bond motifs is 1. The van der Waals surface area contributed by atoms with Crippen LogP contribution in [0.15, 0.2) is 73.1 Å². The zero-order valence-electron chi connectivity index (χ0n) is 17.5. The average molecular weight is 428 g/mol. The van der Waals surface area contributed by atoms with Crippen molar-refractivity contribution in [3.05, 3.63) is 84.4 Å². The fourth-order valence-corrected chi connectivity index (χ4v) is 4.11. The van der Waals surface area contributed by atoms with E-state index in [0.29, 0.717) is 11.4 Å². The van der Waals surface area contributed by atoms with Gasteiger partial charge in [0.1, 0.15) is 11.5 Å². The molecule has 1 fully saturated rings. The first-order valence-electron chi connectivity index (χ1n) is 10.4. The van der Waals surface area contributed by atoms with Gasteiger partial charge >= 0.3 is 0 Å². The maximum atomic E-state index is 13.6. The van der Waals surface area contributed by atoms with Gasteiger partial charge in [-0.1, -0.05) is 30.3 Å².